The van der Waals surface area contributed by atoms with Gasteiger partial charge in [-0.05, 0) is 69.8 Å². The molecule has 3 amide bonds. The Morgan fingerprint density at radius 1 is 0.736 bits per heavy atom. The van der Waals surface area contributed by atoms with Gasteiger partial charge in [-0.25, -0.2) is 0 Å². The average molecular weight is 1040 g/mol. The summed E-state index contributed by atoms with van der Waals surface area (Å²) in [4.78, 5) is 88.3. The lowest BCUT2D eigenvalue weighted by Gasteiger charge is -2.37. The molecule has 72 heavy (non-hydrogen) atoms. The van der Waals surface area contributed by atoms with E-state index in [1.165, 1.54) is 0 Å². The molecule has 1 aliphatic rings. The van der Waals surface area contributed by atoms with Gasteiger partial charge < -0.3 is 55.6 Å². The molecule has 3 atom stereocenters. The van der Waals surface area contributed by atoms with Crippen LogP contribution in [0.15, 0.2) is 24.3 Å². The van der Waals surface area contributed by atoms with Crippen molar-refractivity contribution < 1.29 is 68.0 Å². The largest absolute Gasteiger partial charge is 0.494 e. The van der Waals surface area contributed by atoms with E-state index in [-0.39, 0.29) is 76.1 Å². The third-order valence-electron chi connectivity index (χ3n) is 11.6. The molecule has 0 aliphatic carbocycles. The van der Waals surface area contributed by atoms with Crippen molar-refractivity contribution in [2.75, 3.05) is 119 Å². The smallest absolute Gasteiger partial charge is 0.317 e. The number of hydrogen-bond donors (Lipinski definition) is 7. The average Bonchev–Trinajstić information content (AvgIpc) is 3.33. The third-order valence-corrected chi connectivity index (χ3v) is 12.7. The molecule has 1 fully saturated rings. The maximum Gasteiger partial charge on any atom is 0.317 e. The molecule has 22 heteroatoms. The molecule has 0 saturated carbocycles. The Morgan fingerprint density at radius 3 is 1.81 bits per heavy atom. The van der Waals surface area contributed by atoms with Crippen molar-refractivity contribution in [1.29, 1.82) is 0 Å². The number of aldehydes is 1. The fraction of sp³-hybridized carbons (Fsp3) is 0.740. The van der Waals surface area contributed by atoms with Crippen LogP contribution in [0.3, 0.4) is 0 Å². The van der Waals surface area contributed by atoms with Crippen molar-refractivity contribution in [3.8, 4) is 5.75 Å². The van der Waals surface area contributed by atoms with Gasteiger partial charge >= 0.3 is 17.9 Å². The highest BCUT2D eigenvalue weighted by molar-refractivity contribution is 7.51. The van der Waals surface area contributed by atoms with Crippen molar-refractivity contribution in [2.24, 2.45) is 5.73 Å². The van der Waals surface area contributed by atoms with Gasteiger partial charge in [-0.1, -0.05) is 57.6 Å². The first kappa shape index (κ1) is 67.7. The molecule has 8 N–H and O–H groups in total. The van der Waals surface area contributed by atoms with E-state index in [0.717, 1.165) is 89.6 Å². The number of ether oxygens (including phenoxy) is 2. The van der Waals surface area contributed by atoms with E-state index in [9.17, 15) is 48.9 Å². The van der Waals surface area contributed by atoms with Crippen LogP contribution in [0.5, 0.6) is 5.75 Å². The maximum atomic E-state index is 12.1. The summed E-state index contributed by atoms with van der Waals surface area (Å²) < 4.78 is 16.3. The van der Waals surface area contributed by atoms with Crippen LogP contribution in [-0.4, -0.2) is 213 Å². The number of nitrogens with two attached hydrogens (primary N) is 1. The highest BCUT2D eigenvalue weighted by atomic mass is 31.1. The van der Waals surface area contributed by atoms with Crippen LogP contribution in [0.2, 0.25) is 0 Å². The van der Waals surface area contributed by atoms with E-state index in [4.69, 9.17) is 24.8 Å². The number of rotatable bonds is 35. The summed E-state index contributed by atoms with van der Waals surface area (Å²) in [5.74, 6) is -2.46. The van der Waals surface area contributed by atoms with E-state index in [2.05, 4.69) is 17.6 Å². The zero-order valence-electron chi connectivity index (χ0n) is 43.9. The molecule has 414 valence electrons. The molecule has 0 radical (unpaired) electrons. The van der Waals surface area contributed by atoms with Gasteiger partial charge in [0.1, 0.15) is 12.0 Å². The first-order valence-electron chi connectivity index (χ1n) is 25.4. The Hall–Kier alpha value is -4.34. The number of unbranched alkanes of at least 4 members (excludes halogenated alkanes) is 8. The Balaban J connectivity index is 0.00000313. The van der Waals surface area contributed by atoms with Crippen LogP contribution in [0.1, 0.15) is 109 Å². The number of aliphatic hydroxyl groups is 1. The van der Waals surface area contributed by atoms with Gasteiger partial charge in [0.15, 0.2) is 0 Å². The number of aliphatic carboxylic acids is 3. The fourth-order valence-electron chi connectivity index (χ4n) is 7.62. The first-order valence-corrected chi connectivity index (χ1v) is 27.3. The summed E-state index contributed by atoms with van der Waals surface area (Å²) >= 11 is 0. The second-order valence-electron chi connectivity index (χ2n) is 17.8. The van der Waals surface area contributed by atoms with Gasteiger partial charge in [-0.3, -0.25) is 48.4 Å². The second kappa shape index (κ2) is 44.2. The number of hydrogen-bond acceptors (Lipinski definition) is 15. The van der Waals surface area contributed by atoms with Crippen LogP contribution < -0.4 is 21.1 Å². The highest BCUT2D eigenvalue weighted by Crippen LogP contribution is 2.30. The van der Waals surface area contributed by atoms with Crippen LogP contribution in [-0.2, 0) is 49.2 Å². The fourth-order valence-corrected chi connectivity index (χ4v) is 8.19. The van der Waals surface area contributed by atoms with Crippen molar-refractivity contribution in [1.82, 2.24) is 30.2 Å². The van der Waals surface area contributed by atoms with Crippen LogP contribution >= 0.6 is 8.15 Å². The van der Waals surface area contributed by atoms with E-state index in [1.807, 2.05) is 42.8 Å². The van der Waals surface area contributed by atoms with Gasteiger partial charge in [-0.15, -0.1) is 0 Å². The van der Waals surface area contributed by atoms with E-state index < -0.39 is 32.1 Å². The Kier molecular flexibility index (Phi) is 41.5. The number of carbonyl (C=O) groups is 7. The maximum absolute atomic E-state index is 12.1. The van der Waals surface area contributed by atoms with E-state index in [1.54, 1.807) is 21.8 Å². The number of benzene rings is 1. The number of nitrogens with zero attached hydrogens (tertiary/aromatic N) is 4. The van der Waals surface area contributed by atoms with Crippen molar-refractivity contribution in [3.05, 3.63) is 29.8 Å². The third kappa shape index (κ3) is 38.3. The predicted molar refractivity (Wildman–Crippen MR) is 278 cm³/mol. The molecule has 1 saturated heterocycles. The van der Waals surface area contributed by atoms with Crippen LogP contribution in [0.25, 0.3) is 0 Å². The van der Waals surface area contributed by atoms with Gasteiger partial charge in [0.2, 0.25) is 17.7 Å². The Labute approximate surface area is 429 Å². The number of carboxylic acids is 3. The summed E-state index contributed by atoms with van der Waals surface area (Å²) in [6.07, 6.45) is 13.7. The molecule has 1 aliphatic heterocycles. The van der Waals surface area contributed by atoms with Gasteiger partial charge in [0.05, 0.1) is 59.8 Å². The molecule has 1 aromatic rings. The molecule has 0 bridgehead atoms. The normalized spacial score (nSPS) is 15.9. The second-order valence-corrected chi connectivity index (χ2v) is 19.7. The molecule has 3 unspecified atom stereocenters. The summed E-state index contributed by atoms with van der Waals surface area (Å²) in [6.45, 7) is 9.51. The number of amides is 3. The topological polar surface area (TPSA) is 291 Å². The quantitative estimate of drug-likeness (QED) is 0.0291. The predicted octanol–water partition coefficient (Wildman–Crippen LogP) is 3.48. The summed E-state index contributed by atoms with van der Waals surface area (Å²) in [5.41, 5.74) is 5.91. The lowest BCUT2D eigenvalue weighted by Crippen LogP contribution is -2.53. The monoisotopic (exact) mass is 1040 g/mol. The standard InChI is InChI=1S/C42H70N6O10.C7H16NO3P.CH4O/c1-2-3-8-13-38(50)44-20-11-7-9-14-39(51)43-19-10-5-4-6-12-29-58-37-17-15-35(16-18-37)30-36-31-47(33-41(54)55)24-22-45(27-28-49)21-23-46(32-40(52)53)25-26-48(36)34-42(56)57;1-6(4-7(8)9)11-5-12(3)10-2;1-2/h15-18,28,36H,2-14,19-27,29-34H2,1H3,(H,43,51)(H,44,50)(H,52,53)(H,54,55)(H,56,57);6H,4-5H2,1-3H3,(H2,8,9);2H,1H3. The summed E-state index contributed by atoms with van der Waals surface area (Å²) in [7, 11) is 2.14. The zero-order valence-corrected chi connectivity index (χ0v) is 44.8. The molecule has 2 rings (SSSR count). The Morgan fingerprint density at radius 2 is 1.25 bits per heavy atom. The van der Waals surface area contributed by atoms with Crippen molar-refractivity contribution in [2.45, 2.75) is 122 Å². The minimum atomic E-state index is -1.03. The molecule has 0 spiro atoms. The summed E-state index contributed by atoms with van der Waals surface area (Å²) in [5, 5.41) is 42.0. The number of carboxylic acid groups (broad SMARTS) is 3. The summed E-state index contributed by atoms with van der Waals surface area (Å²) in [6, 6.07) is 7.22. The van der Waals surface area contributed by atoms with Gasteiger partial charge in [0.25, 0.3) is 0 Å². The van der Waals surface area contributed by atoms with Gasteiger partial charge in [-0.2, -0.15) is 0 Å². The lowest BCUT2D eigenvalue weighted by atomic mass is 10.0. The lowest BCUT2D eigenvalue weighted by molar-refractivity contribution is -0.141. The molecule has 21 nitrogen and oxygen atoms in total. The van der Waals surface area contributed by atoms with Gasteiger partial charge in [0, 0.05) is 92.0 Å². The SMILES string of the molecule is CCCCCC(=O)NCCCCCC(=O)NCCCCCCCOc1ccc(CC2CN(CC(=O)O)CCN(CC=O)CCN(CC(=O)O)CCN2CC(=O)O)cc1.CO.COP(C)COC(C)CC(N)=O. The molecule has 1 aromatic carbocycles. The zero-order chi connectivity index (χ0) is 53.9. The number of nitrogens with one attached hydrogen (secondary N) is 2. The van der Waals surface area contributed by atoms with Crippen molar-refractivity contribution >= 4 is 50.1 Å². The number of carbonyl (C=O) groups excluding carboxylic acids is 4. The van der Waals surface area contributed by atoms with E-state index in [0.29, 0.717) is 77.2 Å². The molecule has 1 heterocycles. The molecular weight excluding hydrogens is 954 g/mol. The minimum absolute atomic E-state index is 0.0786. The van der Waals surface area contributed by atoms with E-state index >= 15 is 0 Å². The first-order chi connectivity index (χ1) is 34.5. The van der Waals surface area contributed by atoms with Crippen LogP contribution in [0.4, 0.5) is 0 Å². The minimum Gasteiger partial charge on any atom is -0.494 e. The molecular formula is C50H90N7O14P. The van der Waals surface area contributed by atoms with Crippen LogP contribution in [0, 0.1) is 0 Å². The molecule has 0 aromatic heterocycles. The van der Waals surface area contributed by atoms with Crippen molar-refractivity contribution in [3.63, 3.8) is 0 Å². The number of primary amides is 1. The number of aliphatic hydroxyl groups excluding tert-OH is 1. The Bertz CT molecular complexity index is 1630. The highest BCUT2D eigenvalue weighted by Gasteiger charge is 2.27.